The number of benzene rings is 2. The third-order valence-corrected chi connectivity index (χ3v) is 4.53. The van der Waals surface area contributed by atoms with E-state index >= 15 is 0 Å². The normalized spacial score (nSPS) is 11.7. The molecule has 2 aromatic heterocycles. The van der Waals surface area contributed by atoms with Crippen LogP contribution in [-0.4, -0.2) is 9.97 Å². The molecule has 2 heterocycles. The van der Waals surface area contributed by atoms with Crippen LogP contribution >= 0.6 is 11.6 Å². The highest BCUT2D eigenvalue weighted by Gasteiger charge is 2.17. The van der Waals surface area contributed by atoms with Crippen LogP contribution in [0.15, 0.2) is 79.0 Å². The van der Waals surface area contributed by atoms with Crippen molar-refractivity contribution < 1.29 is 0 Å². The van der Waals surface area contributed by atoms with Gasteiger partial charge in [0, 0.05) is 22.3 Å². The Morgan fingerprint density at radius 3 is 2.59 bits per heavy atom. The smallest absolute Gasteiger partial charge is 0.143 e. The summed E-state index contributed by atoms with van der Waals surface area (Å²) in [4.78, 5) is 8.90. The Balaban J connectivity index is 1.86. The molecule has 130 valence electrons. The molecule has 1 atom stereocenters. The topological polar surface area (TPSA) is 61.6 Å². The van der Waals surface area contributed by atoms with Gasteiger partial charge in [0.05, 0.1) is 17.3 Å². The van der Waals surface area contributed by atoms with Crippen molar-refractivity contribution in [3.63, 3.8) is 0 Å². The summed E-state index contributed by atoms with van der Waals surface area (Å²) in [6.07, 6.45) is 1.76. The van der Waals surface area contributed by atoms with Crippen LogP contribution in [0, 0.1) is 11.3 Å². The molecule has 5 heteroatoms. The van der Waals surface area contributed by atoms with E-state index < -0.39 is 0 Å². The van der Waals surface area contributed by atoms with Gasteiger partial charge in [0.1, 0.15) is 11.8 Å². The van der Waals surface area contributed by atoms with Crippen LogP contribution in [0.4, 0.5) is 5.69 Å². The highest BCUT2D eigenvalue weighted by Crippen LogP contribution is 2.31. The van der Waals surface area contributed by atoms with Crippen molar-refractivity contribution in [1.82, 2.24) is 9.97 Å². The van der Waals surface area contributed by atoms with Crippen molar-refractivity contribution in [3.8, 4) is 6.07 Å². The highest BCUT2D eigenvalue weighted by atomic mass is 35.5. The van der Waals surface area contributed by atoms with E-state index in [1.54, 1.807) is 12.3 Å². The number of rotatable bonds is 4. The number of aromatic nitrogens is 2. The summed E-state index contributed by atoms with van der Waals surface area (Å²) >= 11 is 6.22. The number of nitrogens with one attached hydrogen (secondary N) is 1. The van der Waals surface area contributed by atoms with Crippen molar-refractivity contribution in [1.29, 1.82) is 5.26 Å². The Labute approximate surface area is 162 Å². The fourth-order valence-corrected chi connectivity index (χ4v) is 3.27. The Kier molecular flexibility index (Phi) is 4.69. The van der Waals surface area contributed by atoms with E-state index in [1.165, 1.54) is 0 Å². The average Bonchev–Trinajstić information content (AvgIpc) is 2.72. The van der Waals surface area contributed by atoms with Gasteiger partial charge in [-0.3, -0.25) is 4.98 Å². The lowest BCUT2D eigenvalue weighted by Gasteiger charge is -2.21. The summed E-state index contributed by atoms with van der Waals surface area (Å²) in [7, 11) is 0. The SMILES string of the molecule is N#Cc1cc(NC(c2cccc(Cl)c2)c2ccccn2)c2ccccc2n1. The summed E-state index contributed by atoms with van der Waals surface area (Å²) in [5.41, 5.74) is 3.81. The average molecular weight is 371 g/mol. The molecule has 1 N–H and O–H groups in total. The predicted octanol–water partition coefficient (Wildman–Crippen LogP) is 5.36. The second-order valence-corrected chi connectivity index (χ2v) is 6.51. The first-order valence-electron chi connectivity index (χ1n) is 8.47. The zero-order chi connectivity index (χ0) is 18.6. The second-order valence-electron chi connectivity index (χ2n) is 6.07. The first-order chi connectivity index (χ1) is 13.2. The van der Waals surface area contributed by atoms with Gasteiger partial charge in [-0.2, -0.15) is 5.26 Å². The summed E-state index contributed by atoms with van der Waals surface area (Å²) < 4.78 is 0. The Morgan fingerprint density at radius 2 is 1.81 bits per heavy atom. The third kappa shape index (κ3) is 3.59. The lowest BCUT2D eigenvalue weighted by molar-refractivity contribution is 0.888. The van der Waals surface area contributed by atoms with Crippen molar-refractivity contribution in [2.75, 3.05) is 5.32 Å². The van der Waals surface area contributed by atoms with E-state index in [0.717, 1.165) is 27.8 Å². The minimum absolute atomic E-state index is 0.220. The van der Waals surface area contributed by atoms with Gasteiger partial charge in [0.15, 0.2) is 0 Å². The van der Waals surface area contributed by atoms with E-state index in [2.05, 4.69) is 21.4 Å². The zero-order valence-electron chi connectivity index (χ0n) is 14.3. The molecule has 0 aliphatic rings. The number of nitrogens with zero attached hydrogens (tertiary/aromatic N) is 3. The van der Waals surface area contributed by atoms with Gasteiger partial charge in [-0.15, -0.1) is 0 Å². The van der Waals surface area contributed by atoms with Crippen molar-refractivity contribution in [2.45, 2.75) is 6.04 Å². The molecule has 4 rings (SSSR count). The molecule has 4 nitrogen and oxygen atoms in total. The number of hydrogen-bond acceptors (Lipinski definition) is 4. The molecule has 0 fully saturated rings. The molecule has 0 spiro atoms. The van der Waals surface area contributed by atoms with E-state index in [9.17, 15) is 5.26 Å². The molecule has 0 amide bonds. The molecular weight excluding hydrogens is 356 g/mol. The second kappa shape index (κ2) is 7.45. The van der Waals surface area contributed by atoms with Crippen LogP contribution < -0.4 is 5.32 Å². The van der Waals surface area contributed by atoms with E-state index in [4.69, 9.17) is 11.6 Å². The molecule has 0 saturated heterocycles. The summed E-state index contributed by atoms with van der Waals surface area (Å²) in [6, 6.07) is 24.9. The van der Waals surface area contributed by atoms with Crippen molar-refractivity contribution in [2.24, 2.45) is 0 Å². The summed E-state index contributed by atoms with van der Waals surface area (Å²) in [5, 5.41) is 14.5. The third-order valence-electron chi connectivity index (χ3n) is 4.30. The number of pyridine rings is 2. The molecule has 27 heavy (non-hydrogen) atoms. The number of nitriles is 1. The van der Waals surface area contributed by atoms with Gasteiger partial charge < -0.3 is 5.32 Å². The van der Waals surface area contributed by atoms with Crippen LogP contribution in [0.25, 0.3) is 10.9 Å². The van der Waals surface area contributed by atoms with Crippen LogP contribution in [-0.2, 0) is 0 Å². The Hall–Kier alpha value is -3.42. The standard InChI is InChI=1S/C22H15ClN4/c23-16-7-5-6-15(12-16)22(20-10-3-4-11-25-20)27-21-13-17(14-24)26-19-9-2-1-8-18(19)21/h1-13,22H,(H,26,27). The van der Waals surface area contributed by atoms with Crippen molar-refractivity contribution in [3.05, 3.63) is 101 Å². The quantitative estimate of drug-likeness (QED) is 0.525. The molecule has 0 bridgehead atoms. The number of halogens is 1. The molecular formula is C22H15ClN4. The number of fused-ring (bicyclic) bond motifs is 1. The number of hydrogen-bond donors (Lipinski definition) is 1. The van der Waals surface area contributed by atoms with Gasteiger partial charge in [-0.05, 0) is 42.0 Å². The van der Waals surface area contributed by atoms with Gasteiger partial charge >= 0.3 is 0 Å². The Morgan fingerprint density at radius 1 is 0.963 bits per heavy atom. The summed E-state index contributed by atoms with van der Waals surface area (Å²) in [6.45, 7) is 0. The minimum atomic E-state index is -0.220. The molecule has 2 aromatic carbocycles. The first-order valence-corrected chi connectivity index (χ1v) is 8.85. The first kappa shape index (κ1) is 17.0. The lowest BCUT2D eigenvalue weighted by atomic mass is 10.0. The molecule has 0 saturated carbocycles. The minimum Gasteiger partial charge on any atom is -0.372 e. The molecule has 0 aliphatic carbocycles. The summed E-state index contributed by atoms with van der Waals surface area (Å²) in [5.74, 6) is 0. The van der Waals surface area contributed by atoms with Gasteiger partial charge in [0.2, 0.25) is 0 Å². The van der Waals surface area contributed by atoms with Crippen LogP contribution in [0.5, 0.6) is 0 Å². The largest absolute Gasteiger partial charge is 0.372 e. The molecule has 0 radical (unpaired) electrons. The van der Waals surface area contributed by atoms with Crippen LogP contribution in [0.1, 0.15) is 23.0 Å². The van der Waals surface area contributed by atoms with Gasteiger partial charge in [0.25, 0.3) is 0 Å². The predicted molar refractivity (Wildman–Crippen MR) is 108 cm³/mol. The maximum atomic E-state index is 9.36. The maximum Gasteiger partial charge on any atom is 0.143 e. The Bertz CT molecular complexity index is 1140. The monoisotopic (exact) mass is 370 g/mol. The molecule has 0 aliphatic heterocycles. The van der Waals surface area contributed by atoms with E-state index in [0.29, 0.717) is 10.7 Å². The van der Waals surface area contributed by atoms with E-state index in [-0.39, 0.29) is 6.04 Å². The molecule has 4 aromatic rings. The van der Waals surface area contributed by atoms with Crippen LogP contribution in [0.3, 0.4) is 0 Å². The van der Waals surface area contributed by atoms with Gasteiger partial charge in [-0.25, -0.2) is 4.98 Å². The highest BCUT2D eigenvalue weighted by molar-refractivity contribution is 6.30. The fraction of sp³-hybridized carbons (Fsp3) is 0.0455. The van der Waals surface area contributed by atoms with Gasteiger partial charge in [-0.1, -0.05) is 48.0 Å². The zero-order valence-corrected chi connectivity index (χ0v) is 15.1. The lowest BCUT2D eigenvalue weighted by Crippen LogP contribution is -2.14. The van der Waals surface area contributed by atoms with Crippen LogP contribution in [0.2, 0.25) is 5.02 Å². The number of anilines is 1. The fourth-order valence-electron chi connectivity index (χ4n) is 3.07. The maximum absolute atomic E-state index is 9.36. The van der Waals surface area contributed by atoms with E-state index in [1.807, 2.05) is 66.7 Å². The molecule has 1 unspecified atom stereocenters. The van der Waals surface area contributed by atoms with Crippen molar-refractivity contribution >= 4 is 28.2 Å². The number of para-hydroxylation sites is 1.